The lowest BCUT2D eigenvalue weighted by atomic mass is 10.0. The summed E-state index contributed by atoms with van der Waals surface area (Å²) >= 11 is 1.82. The van der Waals surface area contributed by atoms with Crippen molar-refractivity contribution in [3.05, 3.63) is 30.1 Å². The van der Waals surface area contributed by atoms with Gasteiger partial charge in [0.15, 0.2) is 0 Å². The molecule has 2 saturated heterocycles. The Bertz CT molecular complexity index is 595. The topological polar surface area (TPSA) is 69.6 Å². The molecule has 2 N–H and O–H groups in total. The van der Waals surface area contributed by atoms with Gasteiger partial charge in [-0.3, -0.25) is 9.69 Å². The van der Waals surface area contributed by atoms with Gasteiger partial charge in [0, 0.05) is 23.1 Å². The van der Waals surface area contributed by atoms with Gasteiger partial charge in [-0.1, -0.05) is 6.42 Å². The lowest BCUT2D eigenvalue weighted by molar-refractivity contribution is -0.137. The normalized spacial score (nSPS) is 26.2. The number of amides is 2. The zero-order chi connectivity index (χ0) is 16.4. The standard InChI is InChI=1S/C16H19FN2O3S/c17-10-5-7-11(8-6-10)19-15-12(18-16(19)22)9-23-13(15)3-1-2-4-14(20)21/h5-8,12-13,15H,1-4,9H2,(H,18,22)(H,20,21)/t12-,13-,15-/m0/s1/i17-1. The Labute approximate surface area is 138 Å². The predicted molar refractivity (Wildman–Crippen MR) is 87.3 cm³/mol. The molecule has 2 heterocycles. The molecule has 2 fully saturated rings. The third-order valence-electron chi connectivity index (χ3n) is 4.34. The first-order valence-corrected chi connectivity index (χ1v) is 8.80. The van der Waals surface area contributed by atoms with Gasteiger partial charge in [0.25, 0.3) is 0 Å². The molecule has 3 rings (SSSR count). The average Bonchev–Trinajstić information content (AvgIpc) is 3.03. The van der Waals surface area contributed by atoms with E-state index in [9.17, 15) is 14.0 Å². The van der Waals surface area contributed by atoms with Crippen LogP contribution >= 0.6 is 11.8 Å². The summed E-state index contributed by atoms with van der Waals surface area (Å²) in [5.74, 6) is -0.235. The van der Waals surface area contributed by atoms with E-state index in [-0.39, 0.29) is 35.6 Å². The van der Waals surface area contributed by atoms with Crippen LogP contribution in [-0.4, -0.2) is 40.2 Å². The molecule has 2 amide bonds. The van der Waals surface area contributed by atoms with Gasteiger partial charge < -0.3 is 10.4 Å². The van der Waals surface area contributed by atoms with Gasteiger partial charge >= 0.3 is 12.0 Å². The minimum atomic E-state index is -0.771. The minimum absolute atomic E-state index is 0.0442. The number of anilines is 1. The summed E-state index contributed by atoms with van der Waals surface area (Å²) in [7, 11) is 0. The Balaban J connectivity index is 1.69. The molecule has 3 atom stereocenters. The van der Waals surface area contributed by atoms with Gasteiger partial charge in [-0.15, -0.1) is 0 Å². The molecule has 0 radical (unpaired) electrons. The van der Waals surface area contributed by atoms with Crippen molar-refractivity contribution < 1.29 is 19.1 Å². The third-order valence-corrected chi connectivity index (χ3v) is 5.84. The van der Waals surface area contributed by atoms with Crippen molar-refractivity contribution in [2.45, 2.75) is 43.0 Å². The van der Waals surface area contributed by atoms with Crippen LogP contribution in [0.4, 0.5) is 14.9 Å². The zero-order valence-corrected chi connectivity index (χ0v) is 13.4. The molecule has 0 bridgehead atoms. The van der Waals surface area contributed by atoms with Crippen molar-refractivity contribution in [3.8, 4) is 0 Å². The number of carboxylic acid groups (broad SMARTS) is 1. The van der Waals surface area contributed by atoms with Gasteiger partial charge in [0.2, 0.25) is 0 Å². The lowest BCUT2D eigenvalue weighted by Crippen LogP contribution is -2.41. The quantitative estimate of drug-likeness (QED) is 0.619. The molecule has 0 unspecified atom stereocenters. The predicted octanol–water partition coefficient (Wildman–Crippen LogP) is 2.85. The van der Waals surface area contributed by atoms with Gasteiger partial charge in [0.1, 0.15) is 5.82 Å². The maximum atomic E-state index is 13.1. The van der Waals surface area contributed by atoms with E-state index in [2.05, 4.69) is 5.32 Å². The molecular formula is C16H19FN2O3S. The number of aliphatic carboxylic acids is 1. The number of thioether (sulfide) groups is 1. The van der Waals surface area contributed by atoms with Crippen molar-refractivity contribution in [3.63, 3.8) is 0 Å². The van der Waals surface area contributed by atoms with Crippen LogP contribution in [0.25, 0.3) is 0 Å². The fourth-order valence-corrected chi connectivity index (χ4v) is 4.86. The van der Waals surface area contributed by atoms with Crippen LogP contribution in [0.3, 0.4) is 0 Å². The summed E-state index contributed by atoms with van der Waals surface area (Å²) in [4.78, 5) is 24.6. The van der Waals surface area contributed by atoms with Crippen molar-refractivity contribution in [1.82, 2.24) is 5.32 Å². The highest BCUT2D eigenvalue weighted by Gasteiger charge is 2.48. The van der Waals surface area contributed by atoms with Crippen molar-refractivity contribution >= 4 is 29.4 Å². The molecule has 2 aliphatic rings. The SMILES string of the molecule is O=C(O)CCCC[C@@H]1SC[C@@H]2NC(=O)N(c3ccc([18F])cc3)[C@@H]21. The van der Waals surface area contributed by atoms with E-state index in [1.54, 1.807) is 17.0 Å². The number of hydrogen-bond donors (Lipinski definition) is 2. The molecule has 2 aliphatic heterocycles. The van der Waals surface area contributed by atoms with Gasteiger partial charge in [0.05, 0.1) is 12.1 Å². The summed E-state index contributed by atoms with van der Waals surface area (Å²) in [5.41, 5.74) is 0.703. The van der Waals surface area contributed by atoms with E-state index in [0.29, 0.717) is 12.1 Å². The molecule has 1 aromatic carbocycles. The number of nitrogens with one attached hydrogen (secondary N) is 1. The van der Waals surface area contributed by atoms with Gasteiger partial charge in [-0.25, -0.2) is 9.18 Å². The number of unbranched alkanes of at least 4 members (excludes halogenated alkanes) is 1. The van der Waals surface area contributed by atoms with Crippen molar-refractivity contribution in [2.75, 3.05) is 10.7 Å². The molecular weight excluding hydrogens is 318 g/mol. The fraction of sp³-hybridized carbons (Fsp3) is 0.500. The highest BCUT2D eigenvalue weighted by atomic mass is 32.2. The molecule has 0 aliphatic carbocycles. The molecule has 7 heteroatoms. The molecule has 5 nitrogen and oxygen atoms in total. The number of rotatable bonds is 6. The van der Waals surface area contributed by atoms with Crippen LogP contribution in [0.15, 0.2) is 24.3 Å². The number of carbonyl (C=O) groups excluding carboxylic acids is 1. The summed E-state index contributed by atoms with van der Waals surface area (Å²) in [6.45, 7) is 0. The van der Waals surface area contributed by atoms with Crippen LogP contribution in [-0.2, 0) is 4.79 Å². The highest BCUT2D eigenvalue weighted by molar-refractivity contribution is 8.00. The van der Waals surface area contributed by atoms with Crippen molar-refractivity contribution in [1.29, 1.82) is 0 Å². The van der Waals surface area contributed by atoms with Crippen LogP contribution in [0, 0.1) is 5.82 Å². The number of carbonyl (C=O) groups is 2. The fourth-order valence-electron chi connectivity index (χ4n) is 3.29. The number of benzene rings is 1. The molecule has 0 saturated carbocycles. The van der Waals surface area contributed by atoms with Crippen LogP contribution < -0.4 is 10.2 Å². The first kappa shape index (κ1) is 16.1. The Hall–Kier alpha value is -1.76. The summed E-state index contributed by atoms with van der Waals surface area (Å²) < 4.78 is 13.1. The van der Waals surface area contributed by atoms with E-state index in [1.165, 1.54) is 12.1 Å². The highest BCUT2D eigenvalue weighted by Crippen LogP contribution is 2.39. The summed E-state index contributed by atoms with van der Waals surface area (Å²) in [6, 6.07) is 5.98. The number of fused-ring (bicyclic) bond motifs is 1. The smallest absolute Gasteiger partial charge is 0.322 e. The van der Waals surface area contributed by atoms with Gasteiger partial charge in [-0.05, 0) is 37.1 Å². The first-order chi connectivity index (χ1) is 11.1. The number of nitrogens with zero attached hydrogens (tertiary/aromatic N) is 1. The van der Waals surface area contributed by atoms with Crippen LogP contribution in [0.2, 0.25) is 0 Å². The monoisotopic (exact) mass is 337 g/mol. The number of halogens is 1. The number of hydrogen-bond acceptors (Lipinski definition) is 3. The lowest BCUT2D eigenvalue weighted by Gasteiger charge is -2.27. The zero-order valence-electron chi connectivity index (χ0n) is 12.6. The molecule has 124 valence electrons. The van der Waals surface area contributed by atoms with E-state index in [0.717, 1.165) is 18.6 Å². The molecule has 1 aromatic rings. The van der Waals surface area contributed by atoms with Crippen LogP contribution in [0.1, 0.15) is 25.7 Å². The summed E-state index contributed by atoms with van der Waals surface area (Å²) in [6.07, 6.45) is 2.55. The first-order valence-electron chi connectivity index (χ1n) is 7.75. The van der Waals surface area contributed by atoms with Crippen LogP contribution in [0.5, 0.6) is 0 Å². The van der Waals surface area contributed by atoms with E-state index in [1.807, 2.05) is 11.8 Å². The second-order valence-electron chi connectivity index (χ2n) is 5.90. The van der Waals surface area contributed by atoms with Crippen molar-refractivity contribution in [2.24, 2.45) is 0 Å². The maximum Gasteiger partial charge on any atom is 0.322 e. The second kappa shape index (κ2) is 6.78. The largest absolute Gasteiger partial charge is 0.481 e. The maximum absolute atomic E-state index is 13.1. The minimum Gasteiger partial charge on any atom is -0.481 e. The van der Waals surface area contributed by atoms with E-state index in [4.69, 9.17) is 5.11 Å². The Morgan fingerprint density at radius 3 is 2.78 bits per heavy atom. The number of carboxylic acids is 1. The van der Waals surface area contributed by atoms with E-state index >= 15 is 0 Å². The Kier molecular flexibility index (Phi) is 4.75. The summed E-state index contributed by atoms with van der Waals surface area (Å²) in [5, 5.41) is 12.0. The van der Waals surface area contributed by atoms with E-state index < -0.39 is 5.97 Å². The molecule has 23 heavy (non-hydrogen) atoms. The third kappa shape index (κ3) is 3.44. The number of urea groups is 1. The Morgan fingerprint density at radius 1 is 1.35 bits per heavy atom. The average molecular weight is 337 g/mol. The Morgan fingerprint density at radius 2 is 2.09 bits per heavy atom. The molecule has 0 aromatic heterocycles. The van der Waals surface area contributed by atoms with Gasteiger partial charge in [-0.2, -0.15) is 11.8 Å². The second-order valence-corrected chi connectivity index (χ2v) is 7.18. The molecule has 0 spiro atoms.